The molecule has 1 atom stereocenters. The zero-order valence-corrected chi connectivity index (χ0v) is 17.9. The second-order valence-corrected chi connectivity index (χ2v) is 9.14. The molecule has 1 fully saturated rings. The highest BCUT2D eigenvalue weighted by molar-refractivity contribution is 8.01. The molecule has 2 aliphatic heterocycles. The van der Waals surface area contributed by atoms with E-state index >= 15 is 0 Å². The van der Waals surface area contributed by atoms with Gasteiger partial charge in [-0.15, -0.1) is 11.8 Å². The highest BCUT2D eigenvalue weighted by atomic mass is 32.2. The first-order valence-electron chi connectivity index (χ1n) is 10.2. The van der Waals surface area contributed by atoms with Crippen LogP contribution in [0, 0.1) is 12.7 Å². The van der Waals surface area contributed by atoms with Crippen LogP contribution < -0.4 is 4.90 Å². The van der Waals surface area contributed by atoms with Crippen molar-refractivity contribution in [3.8, 4) is 0 Å². The van der Waals surface area contributed by atoms with Crippen molar-refractivity contribution in [2.45, 2.75) is 18.3 Å². The number of carbonyl (C=O) groups is 2. The molecule has 2 amide bonds. The maximum Gasteiger partial charge on any atom is 0.268 e. The molecule has 1 spiro atoms. The highest BCUT2D eigenvalue weighted by Gasteiger charge is 2.59. The Morgan fingerprint density at radius 1 is 1.06 bits per heavy atom. The standard InChI is InChI=1S/C25H21FN2O2S/c1-17-9-11-19(12-10-17)23(29)28-13-14-31-25(28)21-7-2-3-8-22(21)27(24(25)30)16-18-5-4-6-20(26)15-18/h2-12,15H,13-14,16H2,1H3. The summed E-state index contributed by atoms with van der Waals surface area (Å²) >= 11 is 1.49. The third-order valence-electron chi connectivity index (χ3n) is 5.87. The molecule has 0 radical (unpaired) electrons. The average molecular weight is 433 g/mol. The van der Waals surface area contributed by atoms with Crippen molar-refractivity contribution in [3.05, 3.63) is 101 Å². The van der Waals surface area contributed by atoms with Crippen LogP contribution in [0.2, 0.25) is 0 Å². The number of amides is 2. The van der Waals surface area contributed by atoms with E-state index in [0.29, 0.717) is 23.4 Å². The first-order chi connectivity index (χ1) is 15.0. The van der Waals surface area contributed by atoms with Crippen LogP contribution in [-0.2, 0) is 16.2 Å². The van der Waals surface area contributed by atoms with Crippen LogP contribution >= 0.6 is 11.8 Å². The summed E-state index contributed by atoms with van der Waals surface area (Å²) < 4.78 is 13.8. The van der Waals surface area contributed by atoms with Gasteiger partial charge < -0.3 is 9.80 Å². The number of fused-ring (bicyclic) bond motifs is 2. The fourth-order valence-corrected chi connectivity index (χ4v) is 5.86. The van der Waals surface area contributed by atoms with E-state index in [4.69, 9.17) is 0 Å². The Kier molecular flexibility index (Phi) is 4.82. The second-order valence-electron chi connectivity index (χ2n) is 7.85. The van der Waals surface area contributed by atoms with Crippen LogP contribution in [0.1, 0.15) is 27.0 Å². The van der Waals surface area contributed by atoms with Crippen molar-refractivity contribution >= 4 is 29.3 Å². The number of nitrogens with zero attached hydrogens (tertiary/aromatic N) is 2. The number of hydrogen-bond acceptors (Lipinski definition) is 3. The lowest BCUT2D eigenvalue weighted by molar-refractivity contribution is -0.123. The van der Waals surface area contributed by atoms with E-state index in [9.17, 15) is 14.0 Å². The molecule has 0 N–H and O–H groups in total. The van der Waals surface area contributed by atoms with Crippen LogP contribution in [-0.4, -0.2) is 29.0 Å². The summed E-state index contributed by atoms with van der Waals surface area (Å²) in [4.78, 5) is 29.7. The summed E-state index contributed by atoms with van der Waals surface area (Å²) in [5, 5.41) is 0. The van der Waals surface area contributed by atoms with Crippen LogP contribution in [0.4, 0.5) is 10.1 Å². The molecule has 2 heterocycles. The monoisotopic (exact) mass is 432 g/mol. The number of benzene rings is 3. The zero-order valence-electron chi connectivity index (χ0n) is 17.0. The van der Waals surface area contributed by atoms with Gasteiger partial charge >= 0.3 is 0 Å². The number of thioether (sulfide) groups is 1. The summed E-state index contributed by atoms with van der Waals surface area (Å²) in [6.45, 7) is 2.72. The van der Waals surface area contributed by atoms with Gasteiger partial charge in [0, 0.05) is 23.4 Å². The lowest BCUT2D eigenvalue weighted by atomic mass is 10.0. The largest absolute Gasteiger partial charge is 0.311 e. The third-order valence-corrected chi connectivity index (χ3v) is 7.29. The SMILES string of the molecule is Cc1ccc(C(=O)N2CCSC23C(=O)N(Cc2cccc(F)c2)c2ccccc23)cc1. The molecule has 0 saturated carbocycles. The van der Waals surface area contributed by atoms with Gasteiger partial charge in [0.05, 0.1) is 12.2 Å². The minimum Gasteiger partial charge on any atom is -0.311 e. The predicted octanol–water partition coefficient (Wildman–Crippen LogP) is 4.72. The number of anilines is 1. The minimum atomic E-state index is -1.09. The topological polar surface area (TPSA) is 40.6 Å². The van der Waals surface area contributed by atoms with Crippen LogP contribution in [0.15, 0.2) is 72.8 Å². The number of para-hydroxylation sites is 1. The van der Waals surface area contributed by atoms with Gasteiger partial charge in [-0.1, -0.05) is 48.0 Å². The number of rotatable bonds is 3. The fourth-order valence-electron chi connectivity index (χ4n) is 4.39. The molecule has 0 aromatic heterocycles. The van der Waals surface area contributed by atoms with Gasteiger partial charge in [0.2, 0.25) is 0 Å². The average Bonchev–Trinajstić information content (AvgIpc) is 3.31. The lowest BCUT2D eigenvalue weighted by Crippen LogP contribution is -2.50. The van der Waals surface area contributed by atoms with Crippen LogP contribution in [0.3, 0.4) is 0 Å². The van der Waals surface area contributed by atoms with Crippen molar-refractivity contribution < 1.29 is 14.0 Å². The normalized spacial score (nSPS) is 19.9. The van der Waals surface area contributed by atoms with Crippen LogP contribution in [0.5, 0.6) is 0 Å². The molecule has 3 aromatic carbocycles. The summed E-state index contributed by atoms with van der Waals surface area (Å²) in [7, 11) is 0. The molecule has 1 saturated heterocycles. The van der Waals surface area contributed by atoms with E-state index in [1.54, 1.807) is 21.9 Å². The summed E-state index contributed by atoms with van der Waals surface area (Å²) in [6.07, 6.45) is 0. The van der Waals surface area contributed by atoms with E-state index in [1.165, 1.54) is 23.9 Å². The molecule has 1 unspecified atom stereocenters. The van der Waals surface area contributed by atoms with E-state index in [-0.39, 0.29) is 24.2 Å². The van der Waals surface area contributed by atoms with E-state index in [1.807, 2.05) is 55.5 Å². The maximum atomic E-state index is 13.9. The minimum absolute atomic E-state index is 0.152. The van der Waals surface area contributed by atoms with Crippen LogP contribution in [0.25, 0.3) is 0 Å². The summed E-state index contributed by atoms with van der Waals surface area (Å²) in [5.74, 6) is 0.0334. The van der Waals surface area contributed by atoms with E-state index in [2.05, 4.69) is 0 Å². The molecular weight excluding hydrogens is 411 g/mol. The van der Waals surface area contributed by atoms with E-state index < -0.39 is 4.87 Å². The molecule has 0 bridgehead atoms. The Morgan fingerprint density at radius 2 is 1.84 bits per heavy atom. The molecule has 6 heteroatoms. The first kappa shape index (κ1) is 19.8. The van der Waals surface area contributed by atoms with Crippen molar-refractivity contribution in [1.29, 1.82) is 0 Å². The van der Waals surface area contributed by atoms with Gasteiger partial charge in [-0.3, -0.25) is 9.59 Å². The molecule has 5 rings (SSSR count). The Bertz CT molecular complexity index is 1180. The van der Waals surface area contributed by atoms with Gasteiger partial charge in [-0.05, 0) is 42.8 Å². The molecule has 3 aromatic rings. The molecule has 2 aliphatic rings. The number of aryl methyl sites for hydroxylation is 1. The fraction of sp³-hybridized carbons (Fsp3) is 0.200. The van der Waals surface area contributed by atoms with Gasteiger partial charge in [-0.2, -0.15) is 0 Å². The van der Waals surface area contributed by atoms with Gasteiger partial charge in [0.1, 0.15) is 5.82 Å². The molecule has 156 valence electrons. The number of carbonyl (C=O) groups excluding carboxylic acids is 2. The Morgan fingerprint density at radius 3 is 2.61 bits per heavy atom. The van der Waals surface area contributed by atoms with Gasteiger partial charge in [0.25, 0.3) is 11.8 Å². The lowest BCUT2D eigenvalue weighted by Gasteiger charge is -2.33. The number of halogens is 1. The number of hydrogen-bond donors (Lipinski definition) is 0. The smallest absolute Gasteiger partial charge is 0.268 e. The zero-order chi connectivity index (χ0) is 21.6. The molecular formula is C25H21FN2O2S. The van der Waals surface area contributed by atoms with Crippen molar-refractivity contribution in [2.24, 2.45) is 0 Å². The Labute approximate surface area is 184 Å². The van der Waals surface area contributed by atoms with Gasteiger partial charge in [0.15, 0.2) is 4.87 Å². The first-order valence-corrected chi connectivity index (χ1v) is 11.2. The van der Waals surface area contributed by atoms with Crippen molar-refractivity contribution in [1.82, 2.24) is 4.90 Å². The van der Waals surface area contributed by atoms with Crippen molar-refractivity contribution in [2.75, 3.05) is 17.2 Å². The second kappa shape index (κ2) is 7.54. The van der Waals surface area contributed by atoms with Crippen molar-refractivity contribution in [3.63, 3.8) is 0 Å². The predicted molar refractivity (Wildman–Crippen MR) is 120 cm³/mol. The summed E-state index contributed by atoms with van der Waals surface area (Å²) in [6, 6.07) is 21.3. The molecule has 0 aliphatic carbocycles. The molecule has 4 nitrogen and oxygen atoms in total. The third kappa shape index (κ3) is 3.13. The Hall–Kier alpha value is -3.12. The summed E-state index contributed by atoms with van der Waals surface area (Å²) in [5.41, 5.74) is 3.94. The Balaban J connectivity index is 1.57. The van der Waals surface area contributed by atoms with E-state index in [0.717, 1.165) is 16.8 Å². The van der Waals surface area contributed by atoms with Gasteiger partial charge in [-0.25, -0.2) is 4.39 Å². The highest BCUT2D eigenvalue weighted by Crippen LogP contribution is 2.54. The quantitative estimate of drug-likeness (QED) is 0.601. The maximum absolute atomic E-state index is 13.9. The molecule has 31 heavy (non-hydrogen) atoms.